The van der Waals surface area contributed by atoms with E-state index in [1.807, 2.05) is 60.7 Å². The molecular weight excluding hydrogens is 252 g/mol. The van der Waals surface area contributed by atoms with Crippen LogP contribution in [0.1, 0.15) is 17.0 Å². The molecule has 20 heavy (non-hydrogen) atoms. The second-order valence-electron chi connectivity index (χ2n) is 4.89. The quantitative estimate of drug-likeness (QED) is 0.633. The van der Waals surface area contributed by atoms with Gasteiger partial charge in [-0.2, -0.15) is 0 Å². The van der Waals surface area contributed by atoms with E-state index in [0.29, 0.717) is 6.42 Å². The van der Waals surface area contributed by atoms with E-state index in [1.165, 1.54) is 0 Å². The topological polar surface area (TPSA) is 43.4 Å². The average molecular weight is 266 g/mol. The Morgan fingerprint density at radius 2 is 1.45 bits per heavy atom. The lowest BCUT2D eigenvalue weighted by molar-refractivity contribution is -0.148. The zero-order valence-electron chi connectivity index (χ0n) is 10.9. The number of hydrogen-bond donors (Lipinski definition) is 0. The molecule has 100 valence electrons. The summed E-state index contributed by atoms with van der Waals surface area (Å²) < 4.78 is 5.26. The summed E-state index contributed by atoms with van der Waals surface area (Å²) in [6.45, 7) is 0. The molecule has 0 amide bonds. The Balaban J connectivity index is 1.89. The van der Waals surface area contributed by atoms with Crippen LogP contribution in [0.2, 0.25) is 0 Å². The van der Waals surface area contributed by atoms with E-state index in [4.69, 9.17) is 4.74 Å². The summed E-state index contributed by atoms with van der Waals surface area (Å²) in [5, 5.41) is 0. The molecule has 0 saturated carbocycles. The zero-order chi connectivity index (χ0) is 13.9. The lowest BCUT2D eigenvalue weighted by Gasteiger charge is -2.16. The summed E-state index contributed by atoms with van der Waals surface area (Å²) in [7, 11) is 0. The van der Waals surface area contributed by atoms with Crippen LogP contribution in [0.4, 0.5) is 0 Å². The SMILES string of the molecule is O=C1O[C@H](Cc2ccccc2)[C@@H](c2ccccc2)C1=O. The number of ketones is 1. The Kier molecular flexibility index (Phi) is 3.33. The van der Waals surface area contributed by atoms with E-state index in [0.717, 1.165) is 11.1 Å². The molecule has 1 aliphatic rings. The first-order chi connectivity index (χ1) is 9.75. The van der Waals surface area contributed by atoms with Crippen molar-refractivity contribution in [2.75, 3.05) is 0 Å². The largest absolute Gasteiger partial charge is 0.455 e. The summed E-state index contributed by atoms with van der Waals surface area (Å²) in [4.78, 5) is 23.6. The minimum absolute atomic E-state index is 0.417. The van der Waals surface area contributed by atoms with Gasteiger partial charge in [0.05, 0.1) is 5.92 Å². The molecule has 2 aromatic carbocycles. The Labute approximate surface area is 117 Å². The van der Waals surface area contributed by atoms with Crippen LogP contribution in [0, 0.1) is 0 Å². The highest BCUT2D eigenvalue weighted by molar-refractivity contribution is 6.37. The number of Topliss-reactive ketones (excluding diaryl/α,β-unsaturated/α-hetero) is 1. The van der Waals surface area contributed by atoms with E-state index < -0.39 is 23.8 Å². The van der Waals surface area contributed by atoms with Crippen molar-refractivity contribution in [3.8, 4) is 0 Å². The minimum Gasteiger partial charge on any atom is -0.455 e. The van der Waals surface area contributed by atoms with E-state index in [1.54, 1.807) is 0 Å². The molecule has 2 atom stereocenters. The molecule has 0 N–H and O–H groups in total. The number of ether oxygens (including phenoxy) is 1. The molecule has 0 spiro atoms. The summed E-state index contributed by atoms with van der Waals surface area (Å²) in [6, 6.07) is 19.1. The fraction of sp³-hybridized carbons (Fsp3) is 0.176. The van der Waals surface area contributed by atoms with Gasteiger partial charge in [0.15, 0.2) is 0 Å². The highest BCUT2D eigenvalue weighted by atomic mass is 16.6. The van der Waals surface area contributed by atoms with E-state index in [2.05, 4.69) is 0 Å². The van der Waals surface area contributed by atoms with E-state index >= 15 is 0 Å². The second-order valence-corrected chi connectivity index (χ2v) is 4.89. The molecule has 1 fully saturated rings. The maximum Gasteiger partial charge on any atom is 0.375 e. The van der Waals surface area contributed by atoms with Gasteiger partial charge in [-0.05, 0) is 11.1 Å². The van der Waals surface area contributed by atoms with Crippen LogP contribution in [0.3, 0.4) is 0 Å². The van der Waals surface area contributed by atoms with Crippen molar-refractivity contribution in [2.45, 2.75) is 18.4 Å². The number of carbonyl (C=O) groups excluding carboxylic acids is 2. The number of cyclic esters (lactones) is 1. The zero-order valence-corrected chi connectivity index (χ0v) is 10.9. The fourth-order valence-corrected chi connectivity index (χ4v) is 2.59. The summed E-state index contributed by atoms with van der Waals surface area (Å²) in [5.74, 6) is -1.67. The van der Waals surface area contributed by atoms with Gasteiger partial charge in [0.1, 0.15) is 6.10 Å². The van der Waals surface area contributed by atoms with Gasteiger partial charge in [-0.25, -0.2) is 4.79 Å². The third-order valence-electron chi connectivity index (χ3n) is 3.55. The molecule has 2 aromatic rings. The predicted molar refractivity (Wildman–Crippen MR) is 74.2 cm³/mol. The standard InChI is InChI=1S/C17H14O3/c18-16-15(13-9-5-2-6-10-13)14(20-17(16)19)11-12-7-3-1-4-8-12/h1-10,14-15H,11H2/t14-,15-/m1/s1. The van der Waals surface area contributed by atoms with Gasteiger partial charge in [0.2, 0.25) is 0 Å². The number of hydrogen-bond acceptors (Lipinski definition) is 3. The fourth-order valence-electron chi connectivity index (χ4n) is 2.59. The molecular formula is C17H14O3. The highest BCUT2D eigenvalue weighted by Crippen LogP contribution is 2.31. The summed E-state index contributed by atoms with van der Waals surface area (Å²) in [6.07, 6.45) is 0.137. The van der Waals surface area contributed by atoms with Crippen LogP contribution in [-0.4, -0.2) is 17.9 Å². The monoisotopic (exact) mass is 266 g/mol. The third-order valence-corrected chi connectivity index (χ3v) is 3.55. The Morgan fingerprint density at radius 3 is 2.10 bits per heavy atom. The highest BCUT2D eigenvalue weighted by Gasteiger charge is 2.44. The van der Waals surface area contributed by atoms with Crippen molar-refractivity contribution in [2.24, 2.45) is 0 Å². The maximum atomic E-state index is 12.0. The smallest absolute Gasteiger partial charge is 0.375 e. The Morgan fingerprint density at radius 1 is 0.850 bits per heavy atom. The van der Waals surface area contributed by atoms with Gasteiger partial charge in [0.25, 0.3) is 5.78 Å². The summed E-state index contributed by atoms with van der Waals surface area (Å²) in [5.41, 5.74) is 1.89. The van der Waals surface area contributed by atoms with E-state index in [-0.39, 0.29) is 0 Å². The van der Waals surface area contributed by atoms with E-state index in [9.17, 15) is 9.59 Å². The van der Waals surface area contributed by atoms with Crippen molar-refractivity contribution in [3.63, 3.8) is 0 Å². The van der Waals surface area contributed by atoms with Gasteiger partial charge >= 0.3 is 5.97 Å². The molecule has 0 aromatic heterocycles. The molecule has 0 bridgehead atoms. The van der Waals surface area contributed by atoms with Crippen molar-refractivity contribution >= 4 is 11.8 Å². The lowest BCUT2D eigenvalue weighted by atomic mass is 9.88. The molecule has 1 saturated heterocycles. The van der Waals surface area contributed by atoms with Gasteiger partial charge in [-0.15, -0.1) is 0 Å². The van der Waals surface area contributed by atoms with Crippen LogP contribution in [0.5, 0.6) is 0 Å². The summed E-state index contributed by atoms with van der Waals surface area (Å²) >= 11 is 0. The van der Waals surface area contributed by atoms with Crippen molar-refractivity contribution in [1.29, 1.82) is 0 Å². The first-order valence-corrected chi connectivity index (χ1v) is 6.59. The number of rotatable bonds is 3. The molecule has 0 unspecified atom stereocenters. The molecule has 0 radical (unpaired) electrons. The van der Waals surface area contributed by atoms with Crippen LogP contribution >= 0.6 is 0 Å². The first-order valence-electron chi connectivity index (χ1n) is 6.59. The number of esters is 1. The lowest BCUT2D eigenvalue weighted by Crippen LogP contribution is -2.21. The van der Waals surface area contributed by atoms with Gasteiger partial charge < -0.3 is 4.74 Å². The van der Waals surface area contributed by atoms with Crippen LogP contribution in [0.15, 0.2) is 60.7 Å². The van der Waals surface area contributed by atoms with Crippen LogP contribution < -0.4 is 0 Å². The van der Waals surface area contributed by atoms with Crippen molar-refractivity contribution < 1.29 is 14.3 Å². The van der Waals surface area contributed by atoms with Gasteiger partial charge in [0, 0.05) is 6.42 Å². The van der Waals surface area contributed by atoms with Crippen molar-refractivity contribution in [1.82, 2.24) is 0 Å². The number of benzene rings is 2. The van der Waals surface area contributed by atoms with Gasteiger partial charge in [-0.3, -0.25) is 4.79 Å². The molecule has 3 nitrogen and oxygen atoms in total. The Bertz CT molecular complexity index is 619. The second kappa shape index (κ2) is 5.29. The number of carbonyl (C=O) groups is 2. The van der Waals surface area contributed by atoms with Crippen molar-refractivity contribution in [3.05, 3.63) is 71.8 Å². The average Bonchev–Trinajstić information content (AvgIpc) is 2.76. The van der Waals surface area contributed by atoms with Gasteiger partial charge in [-0.1, -0.05) is 60.7 Å². The Hall–Kier alpha value is -2.42. The molecule has 1 aliphatic heterocycles. The van der Waals surface area contributed by atoms with Crippen LogP contribution in [-0.2, 0) is 20.7 Å². The minimum atomic E-state index is -0.722. The third kappa shape index (κ3) is 2.35. The molecule has 0 aliphatic carbocycles. The first kappa shape index (κ1) is 12.6. The molecule has 1 heterocycles. The maximum absolute atomic E-state index is 12.0. The molecule has 3 rings (SSSR count). The van der Waals surface area contributed by atoms with Crippen LogP contribution in [0.25, 0.3) is 0 Å². The normalized spacial score (nSPS) is 21.8. The predicted octanol–water partition coefficient (Wildman–Crippen LogP) is 2.51. The molecule has 3 heteroatoms.